The summed E-state index contributed by atoms with van der Waals surface area (Å²) in [6, 6.07) is 23.7. The topological polar surface area (TPSA) is 104 Å². The van der Waals surface area contributed by atoms with Crippen LogP contribution in [0.3, 0.4) is 0 Å². The van der Waals surface area contributed by atoms with Gasteiger partial charge >= 0.3 is 0 Å². The molecule has 0 atom stereocenters. The van der Waals surface area contributed by atoms with E-state index in [2.05, 4.69) is 11.1 Å². The van der Waals surface area contributed by atoms with E-state index in [1.165, 1.54) is 0 Å². The van der Waals surface area contributed by atoms with Crippen molar-refractivity contribution in [1.82, 2.24) is 4.98 Å². The average Bonchev–Trinajstić information content (AvgIpc) is 2.75. The lowest BCUT2D eigenvalue weighted by Gasteiger charge is -2.11. The zero-order valence-electron chi connectivity index (χ0n) is 15.0. The molecule has 0 aliphatic carbocycles. The molecule has 0 saturated carbocycles. The fourth-order valence-electron chi connectivity index (χ4n) is 3.05. The number of aromatic nitrogens is 1. The lowest BCUT2D eigenvalue weighted by molar-refractivity contribution is 0.507. The highest BCUT2D eigenvalue weighted by atomic mass is 16.3. The number of benzene rings is 2. The van der Waals surface area contributed by atoms with Gasteiger partial charge in [0.1, 0.15) is 29.3 Å². The molecule has 5 nitrogen and oxygen atoms in total. The fourth-order valence-corrected chi connectivity index (χ4v) is 3.05. The minimum atomic E-state index is -0.248. The number of nitriles is 3. The number of aryl methyl sites for hydroxylation is 1. The van der Waals surface area contributed by atoms with Gasteiger partial charge in [0.15, 0.2) is 5.57 Å². The van der Waals surface area contributed by atoms with E-state index < -0.39 is 0 Å². The Balaban J connectivity index is 2.65. The van der Waals surface area contributed by atoms with Crippen LogP contribution in [-0.2, 0) is 0 Å². The van der Waals surface area contributed by atoms with E-state index in [4.69, 9.17) is 0 Å². The van der Waals surface area contributed by atoms with Crippen molar-refractivity contribution in [2.24, 2.45) is 0 Å². The first-order valence-electron chi connectivity index (χ1n) is 8.41. The van der Waals surface area contributed by atoms with E-state index in [0.717, 1.165) is 0 Å². The van der Waals surface area contributed by atoms with Gasteiger partial charge in [-0.15, -0.1) is 0 Å². The smallest absolute Gasteiger partial charge is 0.156 e. The molecule has 132 valence electrons. The van der Waals surface area contributed by atoms with E-state index in [9.17, 15) is 20.9 Å². The Labute approximate surface area is 162 Å². The van der Waals surface area contributed by atoms with Gasteiger partial charge in [-0.1, -0.05) is 60.7 Å². The van der Waals surface area contributed by atoms with Crippen molar-refractivity contribution >= 4 is 11.3 Å². The van der Waals surface area contributed by atoms with E-state index in [1.807, 2.05) is 24.3 Å². The third kappa shape index (κ3) is 3.19. The van der Waals surface area contributed by atoms with Crippen molar-refractivity contribution in [2.75, 3.05) is 0 Å². The molecule has 0 aliphatic rings. The maximum atomic E-state index is 11.0. The molecular formula is C23H14N4O. The summed E-state index contributed by atoms with van der Waals surface area (Å²) in [5.74, 6) is -0.0250. The molecular weight excluding hydrogens is 348 g/mol. The zero-order chi connectivity index (χ0) is 20.1. The third-order valence-corrected chi connectivity index (χ3v) is 4.30. The maximum Gasteiger partial charge on any atom is 0.156 e. The first kappa shape index (κ1) is 18.4. The standard InChI is InChI=1S/C23H14N4O/c1-15-20(23(28)17-10-6-3-7-11-17)21(16-8-4-2-5-9-16)19(14-26)22(27-15)18(12-24)13-25/h2-11,28H,1H3/b23-20-. The van der Waals surface area contributed by atoms with E-state index in [1.54, 1.807) is 55.5 Å². The summed E-state index contributed by atoms with van der Waals surface area (Å²) in [4.78, 5) is 4.33. The molecule has 0 bridgehead atoms. The molecule has 0 saturated heterocycles. The number of hydrogen-bond acceptors (Lipinski definition) is 5. The number of aliphatic hydroxyl groups excluding tert-OH is 1. The summed E-state index contributed by atoms with van der Waals surface area (Å²) in [6.07, 6.45) is 0. The van der Waals surface area contributed by atoms with Gasteiger partial charge < -0.3 is 5.11 Å². The van der Waals surface area contributed by atoms with Crippen molar-refractivity contribution in [2.45, 2.75) is 6.92 Å². The highest BCUT2D eigenvalue weighted by Crippen LogP contribution is 2.20. The molecule has 3 aromatic rings. The van der Waals surface area contributed by atoms with Gasteiger partial charge in [0.25, 0.3) is 0 Å². The largest absolute Gasteiger partial charge is 0.507 e. The monoisotopic (exact) mass is 362 g/mol. The molecule has 1 aromatic heterocycles. The van der Waals surface area contributed by atoms with Gasteiger partial charge in [-0.2, -0.15) is 15.8 Å². The summed E-state index contributed by atoms with van der Waals surface area (Å²) in [5.41, 5.74) is 1.94. The molecule has 0 spiro atoms. The summed E-state index contributed by atoms with van der Waals surface area (Å²) < 4.78 is 0. The van der Waals surface area contributed by atoms with Crippen LogP contribution in [0, 0.1) is 40.9 Å². The van der Waals surface area contributed by atoms with Gasteiger partial charge in [-0.05, 0) is 12.5 Å². The number of pyridine rings is 1. The molecule has 1 N–H and O–H groups in total. The van der Waals surface area contributed by atoms with E-state index >= 15 is 0 Å². The molecule has 1 heterocycles. The minimum Gasteiger partial charge on any atom is -0.507 e. The molecule has 0 unspecified atom stereocenters. The fraction of sp³-hybridized carbons (Fsp3) is 0.0435. The Morgan fingerprint density at radius 1 is 0.893 bits per heavy atom. The van der Waals surface area contributed by atoms with Crippen molar-refractivity contribution in [3.8, 4) is 29.3 Å². The predicted octanol–water partition coefficient (Wildman–Crippen LogP) is 2.84. The number of aliphatic hydroxyl groups is 1. The molecule has 28 heavy (non-hydrogen) atoms. The molecule has 0 amide bonds. The molecule has 0 radical (unpaired) electrons. The normalized spacial score (nSPS) is 10.9. The number of hydrogen-bond donors (Lipinski definition) is 1. The van der Waals surface area contributed by atoms with Gasteiger partial charge in [-0.25, -0.2) is 4.98 Å². The number of rotatable bonds is 2. The third-order valence-electron chi connectivity index (χ3n) is 4.30. The lowest BCUT2D eigenvalue weighted by Crippen LogP contribution is -2.28. The second-order valence-corrected chi connectivity index (χ2v) is 5.96. The Morgan fingerprint density at radius 2 is 1.46 bits per heavy atom. The first-order chi connectivity index (χ1) is 13.6. The molecule has 5 heteroatoms. The van der Waals surface area contributed by atoms with Crippen LogP contribution in [-0.4, -0.2) is 10.1 Å². The maximum absolute atomic E-state index is 11.0. The molecule has 2 aromatic carbocycles. The van der Waals surface area contributed by atoms with Crippen LogP contribution in [0.4, 0.5) is 0 Å². The predicted molar refractivity (Wildman–Crippen MR) is 105 cm³/mol. The second-order valence-electron chi connectivity index (χ2n) is 5.96. The van der Waals surface area contributed by atoms with Gasteiger partial charge in [0, 0.05) is 22.0 Å². The van der Waals surface area contributed by atoms with Crippen molar-refractivity contribution in [3.63, 3.8) is 0 Å². The molecule has 3 rings (SSSR count). The highest BCUT2D eigenvalue weighted by Gasteiger charge is 2.18. The first-order valence-corrected chi connectivity index (χ1v) is 8.41. The Hall–Kier alpha value is -4.40. The lowest BCUT2D eigenvalue weighted by atomic mass is 9.94. The molecule has 0 fully saturated rings. The summed E-state index contributed by atoms with van der Waals surface area (Å²) in [5, 5.41) is 39.9. The minimum absolute atomic E-state index is 0.0217. The Bertz CT molecular complexity index is 1270. The van der Waals surface area contributed by atoms with Crippen LogP contribution in [0.15, 0.2) is 60.7 Å². The van der Waals surface area contributed by atoms with E-state index in [0.29, 0.717) is 27.6 Å². The Morgan fingerprint density at radius 3 is 2.00 bits per heavy atom. The van der Waals surface area contributed by atoms with Crippen LogP contribution < -0.4 is 10.6 Å². The summed E-state index contributed by atoms with van der Waals surface area (Å²) >= 11 is 0. The van der Waals surface area contributed by atoms with Crippen LogP contribution in [0.2, 0.25) is 0 Å². The van der Waals surface area contributed by atoms with Gasteiger partial charge in [0.05, 0.1) is 5.56 Å². The van der Waals surface area contributed by atoms with Crippen molar-refractivity contribution in [1.29, 1.82) is 15.8 Å². The summed E-state index contributed by atoms with van der Waals surface area (Å²) in [6.45, 7) is 1.68. The quantitative estimate of drug-likeness (QED) is 0.755. The van der Waals surface area contributed by atoms with Crippen LogP contribution in [0.5, 0.6) is 0 Å². The highest BCUT2D eigenvalue weighted by molar-refractivity contribution is 5.80. The Kier molecular flexibility index (Phi) is 5.17. The van der Waals surface area contributed by atoms with Crippen LogP contribution >= 0.6 is 0 Å². The second kappa shape index (κ2) is 7.87. The summed E-state index contributed by atoms with van der Waals surface area (Å²) in [7, 11) is 0. The van der Waals surface area contributed by atoms with Gasteiger partial charge in [0.2, 0.25) is 0 Å². The molecule has 0 aliphatic heterocycles. The van der Waals surface area contributed by atoms with E-state index in [-0.39, 0.29) is 22.2 Å². The zero-order valence-corrected chi connectivity index (χ0v) is 15.0. The number of nitrogens with zero attached hydrogens (tertiary/aromatic N) is 4. The van der Waals surface area contributed by atoms with Crippen molar-refractivity contribution in [3.05, 3.63) is 88.1 Å². The van der Waals surface area contributed by atoms with Crippen molar-refractivity contribution < 1.29 is 5.11 Å². The van der Waals surface area contributed by atoms with Crippen LogP contribution in [0.25, 0.3) is 22.5 Å². The van der Waals surface area contributed by atoms with Gasteiger partial charge in [-0.3, -0.25) is 0 Å². The average molecular weight is 362 g/mol. The van der Waals surface area contributed by atoms with Crippen LogP contribution in [0.1, 0.15) is 16.8 Å². The SMILES string of the molecule is Cc1nc(=C(C#N)C#N)c(C#N)c(-c2ccccc2)/c1=C(\O)c1ccccc1.